The third kappa shape index (κ3) is 2.89. The normalized spacial score (nSPS) is 22.9. The Balaban J connectivity index is 1.78. The number of rotatable bonds is 2. The second kappa shape index (κ2) is 5.80. The van der Waals surface area contributed by atoms with Crippen LogP contribution in [0.3, 0.4) is 0 Å². The molecular weight excluding hydrogens is 262 g/mol. The van der Waals surface area contributed by atoms with Crippen LogP contribution in [0.1, 0.15) is 49.5 Å². The molecule has 2 aromatic rings. The predicted molar refractivity (Wildman–Crippen MR) is 86.2 cm³/mol. The number of nitrogens with one attached hydrogen (secondary N) is 2. The Morgan fingerprint density at radius 3 is 2.90 bits per heavy atom. The molecule has 1 aromatic carbocycles. The van der Waals surface area contributed by atoms with Crippen LogP contribution in [0.2, 0.25) is 0 Å². The van der Waals surface area contributed by atoms with Crippen LogP contribution in [-0.2, 0) is 0 Å². The van der Waals surface area contributed by atoms with E-state index in [1.165, 1.54) is 25.7 Å². The predicted octanol–water partition coefficient (Wildman–Crippen LogP) is 3.45. The van der Waals surface area contributed by atoms with Crippen LogP contribution in [0.4, 0.5) is 5.69 Å². The summed E-state index contributed by atoms with van der Waals surface area (Å²) in [5.41, 5.74) is 8.05. The number of amides is 1. The molecule has 1 saturated carbocycles. The van der Waals surface area contributed by atoms with E-state index in [1.54, 1.807) is 0 Å². The zero-order valence-electron chi connectivity index (χ0n) is 12.5. The van der Waals surface area contributed by atoms with Gasteiger partial charge in [-0.05, 0) is 30.9 Å². The molecule has 0 spiro atoms. The molecule has 1 amide bonds. The van der Waals surface area contributed by atoms with Gasteiger partial charge in [0.1, 0.15) is 5.69 Å². The summed E-state index contributed by atoms with van der Waals surface area (Å²) >= 11 is 0. The van der Waals surface area contributed by atoms with Gasteiger partial charge in [0, 0.05) is 11.4 Å². The van der Waals surface area contributed by atoms with Crippen LogP contribution in [0, 0.1) is 5.92 Å². The zero-order valence-corrected chi connectivity index (χ0v) is 12.5. The molecule has 4 heteroatoms. The highest BCUT2D eigenvalue weighted by Crippen LogP contribution is 2.24. The largest absolute Gasteiger partial charge is 0.397 e. The number of para-hydroxylation sites is 1. The van der Waals surface area contributed by atoms with Gasteiger partial charge in [0.15, 0.2) is 0 Å². The van der Waals surface area contributed by atoms with E-state index in [-0.39, 0.29) is 11.9 Å². The van der Waals surface area contributed by atoms with Crippen LogP contribution in [0.15, 0.2) is 24.3 Å². The molecule has 4 N–H and O–H groups in total. The van der Waals surface area contributed by atoms with Crippen LogP contribution >= 0.6 is 0 Å². The van der Waals surface area contributed by atoms with E-state index in [2.05, 4.69) is 17.2 Å². The summed E-state index contributed by atoms with van der Waals surface area (Å²) in [5.74, 6) is 0.523. The lowest BCUT2D eigenvalue weighted by molar-refractivity contribution is 0.0917. The molecular formula is C17H23N3O. The van der Waals surface area contributed by atoms with E-state index in [4.69, 9.17) is 5.73 Å². The van der Waals surface area contributed by atoms with Crippen molar-refractivity contribution in [3.8, 4) is 0 Å². The molecule has 1 aliphatic carbocycles. The lowest BCUT2D eigenvalue weighted by Crippen LogP contribution is -2.39. The van der Waals surface area contributed by atoms with E-state index < -0.39 is 0 Å². The molecule has 4 nitrogen and oxygen atoms in total. The summed E-state index contributed by atoms with van der Waals surface area (Å²) in [6, 6.07) is 7.87. The molecule has 0 bridgehead atoms. The lowest BCUT2D eigenvalue weighted by Gasteiger charge is -2.22. The van der Waals surface area contributed by atoms with Gasteiger partial charge in [0.2, 0.25) is 0 Å². The van der Waals surface area contributed by atoms with Crippen molar-refractivity contribution in [1.29, 1.82) is 0 Å². The van der Waals surface area contributed by atoms with Crippen LogP contribution in [0.25, 0.3) is 10.9 Å². The summed E-state index contributed by atoms with van der Waals surface area (Å²) in [7, 11) is 0. The molecule has 1 fully saturated rings. The van der Waals surface area contributed by atoms with Gasteiger partial charge >= 0.3 is 0 Å². The van der Waals surface area contributed by atoms with Gasteiger partial charge < -0.3 is 16.0 Å². The number of carbonyl (C=O) groups is 1. The minimum absolute atomic E-state index is 0.0237. The highest BCUT2D eigenvalue weighted by atomic mass is 16.1. The Morgan fingerprint density at radius 1 is 1.29 bits per heavy atom. The van der Waals surface area contributed by atoms with E-state index in [9.17, 15) is 4.79 Å². The Bertz CT molecular complexity index is 647. The number of anilines is 1. The van der Waals surface area contributed by atoms with Crippen molar-refractivity contribution in [1.82, 2.24) is 10.3 Å². The smallest absolute Gasteiger partial charge is 0.267 e. The average Bonchev–Trinajstić information content (AvgIpc) is 2.81. The lowest BCUT2D eigenvalue weighted by atomic mass is 9.97. The van der Waals surface area contributed by atoms with Crippen molar-refractivity contribution in [3.63, 3.8) is 0 Å². The van der Waals surface area contributed by atoms with E-state index in [0.29, 0.717) is 17.3 Å². The zero-order chi connectivity index (χ0) is 14.8. The maximum atomic E-state index is 12.5. The number of aromatic nitrogens is 1. The number of nitrogen functional groups attached to an aromatic ring is 1. The second-order valence-corrected chi connectivity index (χ2v) is 6.19. The topological polar surface area (TPSA) is 70.9 Å². The van der Waals surface area contributed by atoms with Gasteiger partial charge in [-0.25, -0.2) is 0 Å². The maximum Gasteiger partial charge on any atom is 0.267 e. The number of fused-ring (bicyclic) bond motifs is 1. The molecule has 112 valence electrons. The van der Waals surface area contributed by atoms with Gasteiger partial charge in [-0.3, -0.25) is 4.79 Å². The van der Waals surface area contributed by atoms with Gasteiger partial charge in [0.05, 0.1) is 11.2 Å². The SMILES string of the molecule is CC1CCCCCC1NC(=O)c1cc2cccc(N)c2[nH]1. The summed E-state index contributed by atoms with van der Waals surface area (Å²) in [4.78, 5) is 15.6. The fourth-order valence-corrected chi connectivity index (χ4v) is 3.26. The van der Waals surface area contributed by atoms with Crippen molar-refractivity contribution >= 4 is 22.5 Å². The monoisotopic (exact) mass is 285 g/mol. The number of hydrogen-bond donors (Lipinski definition) is 3. The Morgan fingerprint density at radius 2 is 2.10 bits per heavy atom. The number of aromatic amines is 1. The van der Waals surface area contributed by atoms with Gasteiger partial charge in [-0.2, -0.15) is 0 Å². The number of carbonyl (C=O) groups excluding carboxylic acids is 1. The number of nitrogens with two attached hydrogens (primary N) is 1. The van der Waals surface area contributed by atoms with E-state index in [0.717, 1.165) is 17.3 Å². The molecule has 0 aliphatic heterocycles. The minimum Gasteiger partial charge on any atom is -0.397 e. The molecule has 2 atom stereocenters. The fourth-order valence-electron chi connectivity index (χ4n) is 3.26. The Kier molecular flexibility index (Phi) is 3.86. The Labute approximate surface area is 125 Å². The van der Waals surface area contributed by atoms with Crippen LogP contribution < -0.4 is 11.1 Å². The molecule has 2 unspecified atom stereocenters. The third-order valence-corrected chi connectivity index (χ3v) is 4.61. The quantitative estimate of drug-likeness (QED) is 0.584. The average molecular weight is 285 g/mol. The first-order valence-electron chi connectivity index (χ1n) is 7.83. The molecule has 0 saturated heterocycles. The minimum atomic E-state index is -0.0237. The highest BCUT2D eigenvalue weighted by molar-refractivity contribution is 6.00. The summed E-state index contributed by atoms with van der Waals surface area (Å²) in [6.45, 7) is 2.24. The number of H-pyrrole nitrogens is 1. The second-order valence-electron chi connectivity index (χ2n) is 6.19. The van der Waals surface area contributed by atoms with Crippen molar-refractivity contribution < 1.29 is 4.79 Å². The van der Waals surface area contributed by atoms with Gasteiger partial charge in [-0.1, -0.05) is 38.3 Å². The van der Waals surface area contributed by atoms with Crippen molar-refractivity contribution in [2.45, 2.75) is 45.1 Å². The highest BCUT2D eigenvalue weighted by Gasteiger charge is 2.22. The van der Waals surface area contributed by atoms with Crippen LogP contribution in [0.5, 0.6) is 0 Å². The Hall–Kier alpha value is -1.97. The van der Waals surface area contributed by atoms with Crippen molar-refractivity contribution in [3.05, 3.63) is 30.0 Å². The molecule has 1 aliphatic rings. The molecule has 1 heterocycles. The number of hydrogen-bond acceptors (Lipinski definition) is 2. The first-order chi connectivity index (χ1) is 10.1. The third-order valence-electron chi connectivity index (χ3n) is 4.61. The first-order valence-corrected chi connectivity index (χ1v) is 7.83. The maximum absolute atomic E-state index is 12.5. The summed E-state index contributed by atoms with van der Waals surface area (Å²) < 4.78 is 0. The van der Waals surface area contributed by atoms with Gasteiger partial charge in [0.25, 0.3) is 5.91 Å². The van der Waals surface area contributed by atoms with E-state index >= 15 is 0 Å². The fraction of sp³-hybridized carbons (Fsp3) is 0.471. The molecule has 1 aromatic heterocycles. The molecule has 3 rings (SSSR count). The van der Waals surface area contributed by atoms with Crippen molar-refractivity contribution in [2.75, 3.05) is 5.73 Å². The standard InChI is InChI=1S/C17H23N3O/c1-11-6-3-2-4-9-14(11)20-17(21)15-10-12-7-5-8-13(18)16(12)19-15/h5,7-8,10-11,14,19H,2-4,6,9,18H2,1H3,(H,20,21). The summed E-state index contributed by atoms with van der Waals surface area (Å²) in [5, 5.41) is 4.17. The first kappa shape index (κ1) is 14.0. The van der Waals surface area contributed by atoms with Gasteiger partial charge in [-0.15, -0.1) is 0 Å². The van der Waals surface area contributed by atoms with Crippen LogP contribution in [-0.4, -0.2) is 16.9 Å². The number of benzene rings is 1. The molecule has 21 heavy (non-hydrogen) atoms. The summed E-state index contributed by atoms with van der Waals surface area (Å²) in [6.07, 6.45) is 6.03. The van der Waals surface area contributed by atoms with E-state index in [1.807, 2.05) is 24.3 Å². The van der Waals surface area contributed by atoms with Crippen molar-refractivity contribution in [2.24, 2.45) is 5.92 Å². The molecule has 0 radical (unpaired) electrons.